The number of fused-ring (bicyclic) bond motifs is 1. The van der Waals surface area contributed by atoms with E-state index in [9.17, 15) is 9.90 Å². The Kier molecular flexibility index (Phi) is 6.62. The Bertz CT molecular complexity index is 878. The second-order valence-electron chi connectivity index (χ2n) is 9.25. The van der Waals surface area contributed by atoms with Crippen LogP contribution in [0.1, 0.15) is 36.5 Å². The molecule has 1 saturated carbocycles. The molecule has 0 aromatic heterocycles. The average Bonchev–Trinajstić information content (AvgIpc) is 3.11. The maximum Gasteiger partial charge on any atom is 0.216 e. The van der Waals surface area contributed by atoms with Gasteiger partial charge in [0.2, 0.25) is 11.4 Å². The number of hydrogen-bond donors (Lipinski definition) is 4. The maximum atomic E-state index is 13.9. The van der Waals surface area contributed by atoms with Crippen molar-refractivity contribution in [3.05, 3.63) is 16.7 Å². The van der Waals surface area contributed by atoms with Crippen LogP contribution in [0.4, 0.5) is 0 Å². The summed E-state index contributed by atoms with van der Waals surface area (Å²) < 4.78 is 17.2. The maximum absolute atomic E-state index is 13.9. The molecule has 32 heavy (non-hydrogen) atoms. The van der Waals surface area contributed by atoms with Gasteiger partial charge >= 0.3 is 0 Å². The number of Topliss-reactive ketones (excluding diaryl/α,β-unsaturated/α-hetero) is 1. The topological polar surface area (TPSA) is 115 Å². The molecule has 0 amide bonds. The summed E-state index contributed by atoms with van der Waals surface area (Å²) in [5, 5.41) is 18.8. The Morgan fingerprint density at radius 1 is 1.31 bits per heavy atom. The molecule has 178 valence electrons. The first-order valence-corrected chi connectivity index (χ1v) is 11.7. The summed E-state index contributed by atoms with van der Waals surface area (Å²) in [4.78, 5) is 13.9. The van der Waals surface area contributed by atoms with Crippen LogP contribution in [0.2, 0.25) is 5.02 Å². The van der Waals surface area contributed by atoms with Crippen molar-refractivity contribution >= 4 is 17.4 Å². The number of halogens is 1. The first kappa shape index (κ1) is 23.6. The highest BCUT2D eigenvalue weighted by molar-refractivity contribution is 6.35. The molecule has 2 fully saturated rings. The van der Waals surface area contributed by atoms with Crippen molar-refractivity contribution in [2.75, 3.05) is 34.4 Å². The molecule has 8 nitrogen and oxygen atoms in total. The average molecular weight is 468 g/mol. The van der Waals surface area contributed by atoms with E-state index in [-0.39, 0.29) is 46.0 Å². The zero-order chi connectivity index (χ0) is 23.2. The summed E-state index contributed by atoms with van der Waals surface area (Å²) in [6, 6.07) is 1.26. The zero-order valence-corrected chi connectivity index (χ0v) is 19.9. The van der Waals surface area contributed by atoms with E-state index < -0.39 is 11.7 Å². The van der Waals surface area contributed by atoms with Crippen LogP contribution in [0, 0.1) is 17.8 Å². The van der Waals surface area contributed by atoms with E-state index in [0.29, 0.717) is 23.8 Å². The highest BCUT2D eigenvalue weighted by atomic mass is 35.5. The molecule has 0 bridgehead atoms. The molecule has 1 aliphatic carbocycles. The van der Waals surface area contributed by atoms with E-state index in [1.807, 2.05) is 14.0 Å². The smallest absolute Gasteiger partial charge is 0.216 e. The van der Waals surface area contributed by atoms with Gasteiger partial charge in [0.05, 0.1) is 14.2 Å². The Morgan fingerprint density at radius 2 is 1.97 bits per heavy atom. The molecule has 6 atom stereocenters. The molecule has 2 heterocycles. The van der Waals surface area contributed by atoms with Crippen LogP contribution in [-0.2, 0) is 0 Å². The van der Waals surface area contributed by atoms with Gasteiger partial charge in [-0.2, -0.15) is 0 Å². The zero-order valence-electron chi connectivity index (χ0n) is 19.1. The number of methoxy groups -OCH3 is 2. The van der Waals surface area contributed by atoms with Crippen LogP contribution < -0.4 is 30.6 Å². The first-order chi connectivity index (χ1) is 15.3. The van der Waals surface area contributed by atoms with Gasteiger partial charge in [-0.1, -0.05) is 18.5 Å². The Balaban J connectivity index is 1.77. The van der Waals surface area contributed by atoms with Crippen molar-refractivity contribution in [1.82, 2.24) is 10.6 Å². The third kappa shape index (κ3) is 3.39. The van der Waals surface area contributed by atoms with Gasteiger partial charge in [0.1, 0.15) is 28.2 Å². The van der Waals surface area contributed by atoms with Crippen molar-refractivity contribution in [3.63, 3.8) is 0 Å². The number of carbonyl (C=O) groups excluding carboxylic acids is 1. The van der Waals surface area contributed by atoms with Gasteiger partial charge in [-0.3, -0.25) is 4.79 Å². The quantitative estimate of drug-likeness (QED) is 0.516. The van der Waals surface area contributed by atoms with E-state index in [2.05, 4.69) is 10.6 Å². The number of aliphatic hydroxyl groups excluding tert-OH is 1. The van der Waals surface area contributed by atoms with Gasteiger partial charge in [-0.15, -0.1) is 0 Å². The number of ketones is 1. The van der Waals surface area contributed by atoms with Gasteiger partial charge in [-0.25, -0.2) is 0 Å². The number of ether oxygens (including phenoxy) is 3. The van der Waals surface area contributed by atoms with E-state index >= 15 is 0 Å². The summed E-state index contributed by atoms with van der Waals surface area (Å²) in [6.45, 7) is 3.76. The minimum absolute atomic E-state index is 0.0431. The molecule has 9 heteroatoms. The number of nitrogens with one attached hydrogen (secondary N) is 2. The fourth-order valence-electron chi connectivity index (χ4n) is 6.10. The minimum atomic E-state index is -1.48. The van der Waals surface area contributed by atoms with Crippen LogP contribution in [0.15, 0.2) is 6.07 Å². The molecule has 5 N–H and O–H groups in total. The van der Waals surface area contributed by atoms with E-state index in [1.54, 1.807) is 6.07 Å². The molecule has 0 radical (unpaired) electrons. The Hall–Kier alpha value is -1.58. The molecule has 1 saturated heterocycles. The minimum Gasteiger partial charge on any atom is -0.496 e. The normalized spacial score (nSPS) is 33.7. The third-order valence-electron chi connectivity index (χ3n) is 7.74. The lowest BCUT2D eigenvalue weighted by Crippen LogP contribution is -2.69. The van der Waals surface area contributed by atoms with Gasteiger partial charge in [0.25, 0.3) is 0 Å². The van der Waals surface area contributed by atoms with Gasteiger partial charge in [0.15, 0.2) is 5.75 Å². The molecule has 1 aromatic carbocycles. The van der Waals surface area contributed by atoms with Crippen LogP contribution in [-0.4, -0.2) is 69.0 Å². The number of carbonyl (C=O) groups is 1. The predicted molar refractivity (Wildman–Crippen MR) is 122 cm³/mol. The van der Waals surface area contributed by atoms with Crippen LogP contribution in [0.3, 0.4) is 0 Å². The van der Waals surface area contributed by atoms with Crippen LogP contribution in [0.25, 0.3) is 0 Å². The molecule has 4 unspecified atom stereocenters. The van der Waals surface area contributed by atoms with Crippen LogP contribution in [0.5, 0.6) is 17.2 Å². The monoisotopic (exact) mass is 467 g/mol. The highest BCUT2D eigenvalue weighted by Crippen LogP contribution is 2.55. The fraction of sp³-hybridized carbons (Fsp3) is 0.696. The van der Waals surface area contributed by atoms with Crippen molar-refractivity contribution in [2.45, 2.75) is 50.0 Å². The lowest BCUT2D eigenvalue weighted by molar-refractivity contribution is -0.122. The van der Waals surface area contributed by atoms with E-state index in [1.165, 1.54) is 14.2 Å². The Labute approximate surface area is 194 Å². The fourth-order valence-corrected chi connectivity index (χ4v) is 6.36. The second kappa shape index (κ2) is 8.99. The standard InChI is InChI=1S/C23H34ClN3O5/c1-11-9-13(25)16(19(26-2)12-5-7-27-8-6-12)21(28)23(11)22(29)17-14(30-3)10-15(31-4)18(24)20(17)32-23/h10-13,16,19,21,26-28H,5-9,25H2,1-4H3/t11-,13?,16?,19?,21?,23+/m1/s1. The predicted octanol–water partition coefficient (Wildman–Crippen LogP) is 1.60. The molecule has 4 rings (SSSR count). The van der Waals surface area contributed by atoms with E-state index in [0.717, 1.165) is 25.9 Å². The molecule has 1 aromatic rings. The largest absolute Gasteiger partial charge is 0.496 e. The number of rotatable bonds is 5. The SMILES string of the molecule is CNC(C1CCNCC1)C1C(N)C[C@@H](C)[C@]2(Oc3c(Cl)c(OC)cc(OC)c3C2=O)C1O. The first-order valence-electron chi connectivity index (χ1n) is 11.3. The number of benzene rings is 1. The number of piperidine rings is 1. The molecular weight excluding hydrogens is 434 g/mol. The molecular formula is C23H34ClN3O5. The summed E-state index contributed by atoms with van der Waals surface area (Å²) >= 11 is 6.54. The van der Waals surface area contributed by atoms with Crippen molar-refractivity contribution < 1.29 is 24.1 Å². The third-order valence-corrected chi connectivity index (χ3v) is 8.10. The van der Waals surface area contributed by atoms with Gasteiger partial charge < -0.3 is 35.7 Å². The summed E-state index contributed by atoms with van der Waals surface area (Å²) in [7, 11) is 4.87. The molecule has 3 aliphatic rings. The van der Waals surface area contributed by atoms with Crippen molar-refractivity contribution in [1.29, 1.82) is 0 Å². The van der Waals surface area contributed by atoms with E-state index in [4.69, 9.17) is 31.5 Å². The lowest BCUT2D eigenvalue weighted by atomic mass is 9.61. The van der Waals surface area contributed by atoms with Gasteiger partial charge in [0, 0.05) is 30.0 Å². The second-order valence-corrected chi connectivity index (χ2v) is 9.63. The molecule has 2 aliphatic heterocycles. The van der Waals surface area contributed by atoms with Gasteiger partial charge in [-0.05, 0) is 45.3 Å². The van der Waals surface area contributed by atoms with Crippen LogP contribution >= 0.6 is 11.6 Å². The number of nitrogens with two attached hydrogens (primary N) is 1. The molecule has 1 spiro atoms. The summed E-state index contributed by atoms with van der Waals surface area (Å²) in [6.07, 6.45) is 1.40. The van der Waals surface area contributed by atoms with Crippen molar-refractivity contribution in [3.8, 4) is 17.2 Å². The van der Waals surface area contributed by atoms with Crippen molar-refractivity contribution in [2.24, 2.45) is 23.5 Å². The Morgan fingerprint density at radius 3 is 2.56 bits per heavy atom. The summed E-state index contributed by atoms with van der Waals surface area (Å²) in [5.74, 6) is 0.222. The number of aliphatic hydroxyl groups is 1. The number of hydrogen-bond acceptors (Lipinski definition) is 8. The summed E-state index contributed by atoms with van der Waals surface area (Å²) in [5.41, 5.74) is 5.40. The highest BCUT2D eigenvalue weighted by Gasteiger charge is 2.64. The lowest BCUT2D eigenvalue weighted by Gasteiger charge is -2.51.